The highest BCUT2D eigenvalue weighted by molar-refractivity contribution is 6.29. The number of benzene rings is 1. The zero-order chi connectivity index (χ0) is 16.6. The molecule has 1 aromatic carbocycles. The molecular weight excluding hydrogens is 314 g/mol. The van der Waals surface area contributed by atoms with Crippen molar-refractivity contribution in [3.8, 4) is 0 Å². The third-order valence-corrected chi connectivity index (χ3v) is 4.22. The summed E-state index contributed by atoms with van der Waals surface area (Å²) in [6.45, 7) is 3.90. The lowest BCUT2D eigenvalue weighted by Gasteiger charge is -2.10. The van der Waals surface area contributed by atoms with E-state index in [1.54, 1.807) is 0 Å². The number of nitrogens with zero attached hydrogens (tertiary/aromatic N) is 1. The van der Waals surface area contributed by atoms with Crippen molar-refractivity contribution < 1.29 is 4.73 Å². The summed E-state index contributed by atoms with van der Waals surface area (Å²) >= 11 is 6.19. The molecule has 2 heterocycles. The van der Waals surface area contributed by atoms with Crippen LogP contribution in [-0.4, -0.2) is 9.97 Å². The van der Waals surface area contributed by atoms with Crippen molar-refractivity contribution in [2.45, 2.75) is 26.7 Å². The van der Waals surface area contributed by atoms with Gasteiger partial charge in [0.05, 0.1) is 0 Å². The van der Waals surface area contributed by atoms with Crippen LogP contribution in [0.3, 0.4) is 0 Å². The Balaban J connectivity index is 2.02. The summed E-state index contributed by atoms with van der Waals surface area (Å²) in [6, 6.07) is 7.86. The molecule has 0 fully saturated rings. The fraction of sp³-hybridized carbons (Fsp3) is 0.294. The van der Waals surface area contributed by atoms with Gasteiger partial charge in [-0.1, -0.05) is 32.0 Å². The molecule has 0 amide bonds. The second-order valence-electron chi connectivity index (χ2n) is 6.10. The number of aromatic nitrogens is 3. The van der Waals surface area contributed by atoms with E-state index in [-0.39, 0.29) is 22.3 Å². The molecular formula is C17H18ClN3O2. The van der Waals surface area contributed by atoms with E-state index in [0.717, 1.165) is 16.5 Å². The van der Waals surface area contributed by atoms with E-state index >= 15 is 0 Å². The number of fused-ring (bicyclic) bond motifs is 1. The van der Waals surface area contributed by atoms with Crippen molar-refractivity contribution >= 4 is 22.5 Å². The molecule has 2 aromatic heterocycles. The van der Waals surface area contributed by atoms with E-state index in [9.17, 15) is 10.0 Å². The maximum Gasteiger partial charge on any atom is 0.317 e. The van der Waals surface area contributed by atoms with E-state index in [1.165, 1.54) is 0 Å². The van der Waals surface area contributed by atoms with Crippen molar-refractivity contribution in [2.24, 2.45) is 5.92 Å². The number of rotatable bonds is 4. The number of halogens is 1. The summed E-state index contributed by atoms with van der Waals surface area (Å²) in [6.07, 6.45) is 2.66. The molecule has 2 N–H and O–H groups in total. The quantitative estimate of drug-likeness (QED) is 0.569. The number of para-hydroxylation sites is 1. The second kappa shape index (κ2) is 6.08. The lowest BCUT2D eigenvalue weighted by Crippen LogP contribution is -2.43. The van der Waals surface area contributed by atoms with Gasteiger partial charge in [0, 0.05) is 29.9 Å². The van der Waals surface area contributed by atoms with Crippen molar-refractivity contribution in [3.63, 3.8) is 0 Å². The molecule has 0 unspecified atom stereocenters. The molecule has 0 saturated carbocycles. The summed E-state index contributed by atoms with van der Waals surface area (Å²) in [7, 11) is 0. The number of aromatic amines is 2. The van der Waals surface area contributed by atoms with Crippen LogP contribution in [0, 0.1) is 11.1 Å². The molecule has 3 aromatic rings. The van der Waals surface area contributed by atoms with Gasteiger partial charge in [-0.25, -0.2) is 0 Å². The number of hydrogen-bond donors (Lipinski definition) is 2. The fourth-order valence-electron chi connectivity index (χ4n) is 2.74. The lowest BCUT2D eigenvalue weighted by atomic mass is 10.1. The van der Waals surface area contributed by atoms with Crippen LogP contribution >= 0.6 is 11.6 Å². The van der Waals surface area contributed by atoms with E-state index in [4.69, 9.17) is 11.6 Å². The van der Waals surface area contributed by atoms with Gasteiger partial charge >= 0.3 is 10.7 Å². The van der Waals surface area contributed by atoms with Gasteiger partial charge in [0.15, 0.2) is 0 Å². The van der Waals surface area contributed by atoms with Crippen LogP contribution < -0.4 is 10.3 Å². The Hall–Kier alpha value is -2.27. The first-order valence-corrected chi connectivity index (χ1v) is 7.93. The Kier molecular flexibility index (Phi) is 4.13. The Morgan fingerprint density at radius 1 is 1.30 bits per heavy atom. The predicted molar refractivity (Wildman–Crippen MR) is 90.7 cm³/mol. The van der Waals surface area contributed by atoms with Gasteiger partial charge in [-0.3, -0.25) is 4.79 Å². The van der Waals surface area contributed by atoms with Gasteiger partial charge in [0.25, 0.3) is 5.69 Å². The molecule has 0 atom stereocenters. The molecule has 0 spiro atoms. The summed E-state index contributed by atoms with van der Waals surface area (Å²) < 4.78 is 0.560. The molecule has 3 rings (SSSR count). The Morgan fingerprint density at radius 2 is 2.04 bits per heavy atom. The summed E-state index contributed by atoms with van der Waals surface area (Å²) in [5.74, 6) is 0.201. The third kappa shape index (κ3) is 2.97. The van der Waals surface area contributed by atoms with Gasteiger partial charge in [0.2, 0.25) is 0 Å². The van der Waals surface area contributed by atoms with E-state index in [0.29, 0.717) is 23.3 Å². The molecule has 120 valence electrons. The van der Waals surface area contributed by atoms with Crippen LogP contribution in [0.1, 0.15) is 30.8 Å². The zero-order valence-electron chi connectivity index (χ0n) is 13.0. The summed E-state index contributed by atoms with van der Waals surface area (Å²) in [4.78, 5) is 18.1. The second-order valence-corrected chi connectivity index (χ2v) is 6.46. The van der Waals surface area contributed by atoms with Crippen molar-refractivity contribution in [2.75, 3.05) is 0 Å². The smallest absolute Gasteiger partial charge is 0.317 e. The average molecular weight is 332 g/mol. The average Bonchev–Trinajstić information content (AvgIpc) is 2.92. The molecule has 5 nitrogen and oxygen atoms in total. The SMILES string of the molecule is CC(C)Cc1c(=O)[nH]c(Cc2c[nH]c3ccccc23)c(Cl)[n+]1[O-]. The van der Waals surface area contributed by atoms with Crippen LogP contribution in [0.15, 0.2) is 35.3 Å². The molecule has 6 heteroatoms. The van der Waals surface area contributed by atoms with Crippen LogP contribution in [0.5, 0.6) is 0 Å². The summed E-state index contributed by atoms with van der Waals surface area (Å²) in [5.41, 5.74) is 2.21. The minimum absolute atomic E-state index is 0.0329. The molecule has 0 aliphatic rings. The highest BCUT2D eigenvalue weighted by atomic mass is 35.5. The molecule has 0 bridgehead atoms. The van der Waals surface area contributed by atoms with E-state index in [1.807, 2.05) is 44.3 Å². The Labute approximate surface area is 138 Å². The molecule has 0 aliphatic heterocycles. The minimum Gasteiger partial charge on any atom is -0.617 e. The highest BCUT2D eigenvalue weighted by Crippen LogP contribution is 2.21. The number of H-pyrrole nitrogens is 2. The van der Waals surface area contributed by atoms with Gasteiger partial charge in [-0.05, 0) is 29.1 Å². The predicted octanol–water partition coefficient (Wildman–Crippen LogP) is 2.93. The molecule has 23 heavy (non-hydrogen) atoms. The van der Waals surface area contributed by atoms with Crippen LogP contribution in [-0.2, 0) is 12.8 Å². The third-order valence-electron chi connectivity index (χ3n) is 3.84. The van der Waals surface area contributed by atoms with E-state index < -0.39 is 0 Å². The van der Waals surface area contributed by atoms with Gasteiger partial charge in [0.1, 0.15) is 5.69 Å². The van der Waals surface area contributed by atoms with E-state index in [2.05, 4.69) is 9.97 Å². The zero-order valence-corrected chi connectivity index (χ0v) is 13.8. The first-order valence-electron chi connectivity index (χ1n) is 7.55. The first-order chi connectivity index (χ1) is 11.0. The van der Waals surface area contributed by atoms with Crippen LogP contribution in [0.4, 0.5) is 0 Å². The van der Waals surface area contributed by atoms with Crippen LogP contribution in [0.2, 0.25) is 5.15 Å². The maximum atomic E-state index is 12.3. The van der Waals surface area contributed by atoms with Gasteiger partial charge < -0.3 is 15.2 Å². The fourth-order valence-corrected chi connectivity index (χ4v) is 2.96. The number of nitrogens with one attached hydrogen (secondary N) is 2. The number of hydrogen-bond acceptors (Lipinski definition) is 2. The first kappa shape index (κ1) is 15.6. The minimum atomic E-state index is -0.368. The van der Waals surface area contributed by atoms with Crippen molar-refractivity contribution in [1.82, 2.24) is 9.97 Å². The molecule has 0 radical (unpaired) electrons. The molecule has 0 aliphatic carbocycles. The Bertz CT molecular complexity index is 912. The van der Waals surface area contributed by atoms with Gasteiger partial charge in [-0.2, -0.15) is 4.73 Å². The van der Waals surface area contributed by atoms with Gasteiger partial charge in [-0.15, -0.1) is 0 Å². The maximum absolute atomic E-state index is 12.3. The molecule has 0 saturated heterocycles. The normalized spacial score (nSPS) is 11.5. The van der Waals surface area contributed by atoms with Crippen molar-refractivity contribution in [1.29, 1.82) is 0 Å². The Morgan fingerprint density at radius 3 is 2.78 bits per heavy atom. The monoisotopic (exact) mass is 331 g/mol. The lowest BCUT2D eigenvalue weighted by molar-refractivity contribution is -0.614. The standard InChI is InChI=1S/C17H18ClN3O2/c1-10(2)7-15-17(22)20-14(16(18)21(15)23)8-11-9-19-13-6-4-3-5-12(11)13/h3-6,9-10,19H,7-8H2,1-2H3,(H,20,22). The summed E-state index contributed by atoms with van der Waals surface area (Å²) in [5, 5.41) is 13.4. The topological polar surface area (TPSA) is 75.6 Å². The largest absolute Gasteiger partial charge is 0.617 e. The highest BCUT2D eigenvalue weighted by Gasteiger charge is 2.21. The van der Waals surface area contributed by atoms with Crippen LogP contribution in [0.25, 0.3) is 10.9 Å². The van der Waals surface area contributed by atoms with Crippen molar-refractivity contribution in [3.05, 3.63) is 68.1 Å².